The summed E-state index contributed by atoms with van der Waals surface area (Å²) >= 11 is 0. The number of carbonyl (C=O) groups is 3. The molecule has 0 heterocycles. The molecule has 2 atom stereocenters. The smallest absolute Gasteiger partial charge is 0.305 e. The molecule has 8 heteroatoms. The Kier molecular flexibility index (Phi) is 24.5. The van der Waals surface area contributed by atoms with Gasteiger partial charge in [-0.3, -0.25) is 14.4 Å². The predicted molar refractivity (Wildman–Crippen MR) is 236 cm³/mol. The van der Waals surface area contributed by atoms with Gasteiger partial charge in [0.1, 0.15) is 6.61 Å². The Labute approximate surface area is 356 Å². The molecule has 0 radical (unpaired) electrons. The molecule has 4 aliphatic rings. The zero-order chi connectivity index (χ0) is 42.1. The highest BCUT2D eigenvalue weighted by Gasteiger charge is 2.62. The van der Waals surface area contributed by atoms with Crippen molar-refractivity contribution in [3.05, 3.63) is 0 Å². The molecular weight excluding hydrogens is 727 g/mol. The summed E-state index contributed by atoms with van der Waals surface area (Å²) in [5, 5.41) is 9.21. The molecule has 0 aliphatic heterocycles. The van der Waals surface area contributed by atoms with Crippen LogP contribution in [0.5, 0.6) is 0 Å². The highest BCUT2D eigenvalue weighted by Crippen LogP contribution is 2.73. The van der Waals surface area contributed by atoms with Crippen LogP contribution in [-0.4, -0.2) is 74.5 Å². The van der Waals surface area contributed by atoms with Crippen LogP contribution in [0, 0.1) is 34.0 Å². The van der Waals surface area contributed by atoms with E-state index >= 15 is 0 Å². The number of esters is 3. The zero-order valence-corrected chi connectivity index (χ0v) is 38.5. The molecule has 4 rings (SSSR count). The molecule has 4 saturated carbocycles. The number of ether oxygens (including phenoxy) is 3. The minimum atomic E-state index is -0.145. The molecule has 8 nitrogen and oxygen atoms in total. The number of carbonyl (C=O) groups excluding carboxylic acids is 3. The molecule has 1 N–H and O–H groups in total. The van der Waals surface area contributed by atoms with Gasteiger partial charge in [-0.1, -0.05) is 130 Å². The number of hydrogen-bond acceptors (Lipinski definition) is 8. The maximum atomic E-state index is 13.4. The molecule has 4 fully saturated rings. The maximum absolute atomic E-state index is 13.4. The third-order valence-electron chi connectivity index (χ3n) is 14.7. The molecule has 58 heavy (non-hydrogen) atoms. The zero-order valence-electron chi connectivity index (χ0n) is 38.5. The fourth-order valence-electron chi connectivity index (χ4n) is 12.1. The molecule has 0 spiro atoms. The van der Waals surface area contributed by atoms with Crippen LogP contribution in [0.25, 0.3) is 0 Å². The largest absolute Gasteiger partial charge is 0.466 e. The van der Waals surface area contributed by atoms with Crippen LogP contribution in [0.4, 0.5) is 0 Å². The first-order chi connectivity index (χ1) is 28.0. The summed E-state index contributed by atoms with van der Waals surface area (Å²) in [5.74, 6) is 1.60. The topological polar surface area (TPSA) is 102 Å². The Balaban J connectivity index is 1.61. The van der Waals surface area contributed by atoms with Crippen molar-refractivity contribution < 1.29 is 33.7 Å². The molecule has 4 aliphatic carbocycles. The number of aliphatic hydroxyl groups excluding tert-OH is 1. The van der Waals surface area contributed by atoms with Gasteiger partial charge in [-0.2, -0.15) is 0 Å². The minimum Gasteiger partial charge on any atom is -0.466 e. The minimum absolute atomic E-state index is 0.0360. The molecule has 0 aromatic carbocycles. The molecule has 2 unspecified atom stereocenters. The van der Waals surface area contributed by atoms with Crippen molar-refractivity contribution in [3.63, 3.8) is 0 Å². The lowest BCUT2D eigenvalue weighted by atomic mass is 9.37. The first-order valence-electron chi connectivity index (χ1n) is 24.8. The summed E-state index contributed by atoms with van der Waals surface area (Å²) in [5.41, 5.74) is 0.132. The lowest BCUT2D eigenvalue weighted by Crippen LogP contribution is -2.57. The average Bonchev–Trinajstić information content (AvgIpc) is 3.18. The highest BCUT2D eigenvalue weighted by atomic mass is 16.5. The number of hydrogen-bond donors (Lipinski definition) is 1. The molecule has 0 amide bonds. The van der Waals surface area contributed by atoms with E-state index in [1.807, 2.05) is 11.9 Å². The van der Waals surface area contributed by atoms with Gasteiger partial charge < -0.3 is 24.2 Å². The lowest BCUT2D eigenvalue weighted by molar-refractivity contribution is -0.177. The quantitative estimate of drug-likeness (QED) is 0.0379. The van der Waals surface area contributed by atoms with Gasteiger partial charge in [0, 0.05) is 32.4 Å². The number of likely N-dealkylation sites (N-methyl/N-ethyl adjacent to an activating group) is 1. The Hall–Kier alpha value is -1.67. The third-order valence-corrected chi connectivity index (χ3v) is 14.7. The van der Waals surface area contributed by atoms with Crippen molar-refractivity contribution in [1.82, 2.24) is 4.90 Å². The Bertz CT molecular complexity index is 1060. The van der Waals surface area contributed by atoms with E-state index < -0.39 is 0 Å². The van der Waals surface area contributed by atoms with Crippen molar-refractivity contribution in [2.75, 3.05) is 46.6 Å². The van der Waals surface area contributed by atoms with Crippen molar-refractivity contribution in [2.24, 2.45) is 34.0 Å². The summed E-state index contributed by atoms with van der Waals surface area (Å²) in [6.45, 7) is 11.7. The second kappa shape index (κ2) is 28.0. The third kappa shape index (κ3) is 18.9. The number of unbranched alkanes of at least 4 members (excludes halogenated alkanes) is 8. The second-order valence-corrected chi connectivity index (χ2v) is 20.0. The Morgan fingerprint density at radius 3 is 1.21 bits per heavy atom. The van der Waals surface area contributed by atoms with E-state index in [9.17, 15) is 19.5 Å². The van der Waals surface area contributed by atoms with Gasteiger partial charge in [-0.25, -0.2) is 0 Å². The number of rotatable bonds is 36. The van der Waals surface area contributed by atoms with Crippen LogP contribution in [0.1, 0.15) is 220 Å². The van der Waals surface area contributed by atoms with E-state index in [0.29, 0.717) is 69.9 Å². The maximum Gasteiger partial charge on any atom is 0.305 e. The van der Waals surface area contributed by atoms with Gasteiger partial charge in [-0.15, -0.1) is 0 Å². The van der Waals surface area contributed by atoms with Crippen LogP contribution in [0.3, 0.4) is 0 Å². The van der Waals surface area contributed by atoms with Gasteiger partial charge >= 0.3 is 17.9 Å². The van der Waals surface area contributed by atoms with E-state index in [1.165, 1.54) is 103 Å². The first kappa shape index (κ1) is 50.7. The summed E-state index contributed by atoms with van der Waals surface area (Å²) in [4.78, 5) is 41.7. The lowest BCUT2D eigenvalue weighted by Gasteiger charge is -2.67. The normalized spacial score (nSPS) is 23.6. The Morgan fingerprint density at radius 1 is 0.534 bits per heavy atom. The SMILES string of the molecule is CCCCCC(CCCCC)CCOC(=O)CCC12CC3CC(CCC(=O)OCCC(CCCCC)CCCCC)(C1)CC(CCC(=O)OCCN(C)CCO)(C3)C2. The fraction of sp³-hybridized carbons (Fsp3) is 0.940. The van der Waals surface area contributed by atoms with E-state index in [0.717, 1.165) is 70.6 Å². The summed E-state index contributed by atoms with van der Waals surface area (Å²) in [7, 11) is 1.92. The number of aliphatic hydroxyl groups is 1. The predicted octanol–water partition coefficient (Wildman–Crippen LogP) is 12.2. The fourth-order valence-corrected chi connectivity index (χ4v) is 12.1. The summed E-state index contributed by atoms with van der Waals surface area (Å²) < 4.78 is 17.6. The van der Waals surface area contributed by atoms with Crippen LogP contribution >= 0.6 is 0 Å². The van der Waals surface area contributed by atoms with E-state index in [2.05, 4.69) is 27.7 Å². The summed E-state index contributed by atoms with van der Waals surface area (Å²) in [6.07, 6.45) is 32.4. The molecular formula is C50H91NO7. The van der Waals surface area contributed by atoms with Crippen molar-refractivity contribution in [1.29, 1.82) is 0 Å². The van der Waals surface area contributed by atoms with Gasteiger partial charge in [0.05, 0.1) is 19.8 Å². The van der Waals surface area contributed by atoms with Crippen LogP contribution in [0.15, 0.2) is 0 Å². The first-order valence-corrected chi connectivity index (χ1v) is 24.8. The van der Waals surface area contributed by atoms with Gasteiger partial charge in [-0.05, 0) is 112 Å². The molecule has 0 aromatic rings. The van der Waals surface area contributed by atoms with Gasteiger partial charge in [0.25, 0.3) is 0 Å². The van der Waals surface area contributed by atoms with Crippen LogP contribution < -0.4 is 0 Å². The molecule has 0 aromatic heterocycles. The van der Waals surface area contributed by atoms with Crippen molar-refractivity contribution >= 4 is 17.9 Å². The van der Waals surface area contributed by atoms with E-state index in [4.69, 9.17) is 14.2 Å². The van der Waals surface area contributed by atoms with Gasteiger partial charge in [0.2, 0.25) is 0 Å². The monoisotopic (exact) mass is 818 g/mol. The molecule has 0 saturated heterocycles. The van der Waals surface area contributed by atoms with Crippen LogP contribution in [0.2, 0.25) is 0 Å². The van der Waals surface area contributed by atoms with Crippen molar-refractivity contribution in [2.45, 2.75) is 220 Å². The Morgan fingerprint density at radius 2 is 0.879 bits per heavy atom. The summed E-state index contributed by atoms with van der Waals surface area (Å²) in [6, 6.07) is 0. The van der Waals surface area contributed by atoms with Gasteiger partial charge in [0.15, 0.2) is 0 Å². The second-order valence-electron chi connectivity index (χ2n) is 20.0. The highest BCUT2D eigenvalue weighted by molar-refractivity contribution is 5.70. The van der Waals surface area contributed by atoms with E-state index in [1.54, 1.807) is 0 Å². The average molecular weight is 818 g/mol. The van der Waals surface area contributed by atoms with Crippen molar-refractivity contribution in [3.8, 4) is 0 Å². The molecule has 338 valence electrons. The van der Waals surface area contributed by atoms with E-state index in [-0.39, 0.29) is 40.8 Å². The van der Waals surface area contributed by atoms with Crippen LogP contribution in [-0.2, 0) is 28.6 Å². The molecule has 4 bridgehead atoms. The standard InChI is InChI=1S/C50H91NO7/c1-6-10-14-18-42(19-15-11-7-2)25-33-56-45(53)22-27-48-36-44-37-49(39-48,28-23-46(54)57-34-26-43(20-16-12-8-3)21-17-13-9-4)41-50(38-44,40-48)29-24-47(55)58-35-31-51(5)30-32-52/h42-44,52H,6-41H2,1-5H3. The number of nitrogens with zero attached hydrogens (tertiary/aromatic N) is 1.